The number of hydrogen-bond donors (Lipinski definition) is 4. The number of amides is 6. The molecule has 1 saturated heterocycles. The zero-order valence-corrected chi connectivity index (χ0v) is 23.8. The summed E-state index contributed by atoms with van der Waals surface area (Å²) in [4.78, 5) is 74.6. The van der Waals surface area contributed by atoms with E-state index in [0.717, 1.165) is 11.1 Å². The largest absolute Gasteiger partial charge is 0.444 e. The van der Waals surface area contributed by atoms with E-state index in [4.69, 9.17) is 9.47 Å². The zero-order valence-electron chi connectivity index (χ0n) is 23.8. The van der Waals surface area contributed by atoms with Crippen LogP contribution >= 0.6 is 0 Å². The maximum Gasteiger partial charge on any atom is 0.408 e. The number of anilines is 1. The van der Waals surface area contributed by atoms with E-state index >= 15 is 0 Å². The van der Waals surface area contributed by atoms with Gasteiger partial charge in [-0.15, -0.1) is 0 Å². The number of carbonyl (C=O) groups excluding carboxylic acids is 6. The lowest BCUT2D eigenvalue weighted by molar-refractivity contribution is -0.137. The molecule has 0 aliphatic carbocycles. The Bertz CT molecular complexity index is 1450. The number of urea groups is 1. The van der Waals surface area contributed by atoms with E-state index < -0.39 is 42.2 Å². The Kier molecular flexibility index (Phi) is 8.79. The quantitative estimate of drug-likeness (QED) is 0.220. The van der Waals surface area contributed by atoms with Crippen LogP contribution in [-0.2, 0) is 32.2 Å². The third kappa shape index (κ3) is 7.62. The number of piperidine rings is 1. The molecule has 2 aliphatic rings. The van der Waals surface area contributed by atoms with Crippen molar-refractivity contribution in [3.05, 3.63) is 58.7 Å². The molecule has 0 bridgehead atoms. The average Bonchev–Trinajstić information content (AvgIpc) is 3.22. The van der Waals surface area contributed by atoms with Crippen molar-refractivity contribution in [2.24, 2.45) is 0 Å². The molecule has 0 saturated carbocycles. The fourth-order valence-electron chi connectivity index (χ4n) is 4.50. The summed E-state index contributed by atoms with van der Waals surface area (Å²) in [7, 11) is 0. The normalized spacial score (nSPS) is 16.3. The summed E-state index contributed by atoms with van der Waals surface area (Å²) in [6, 6.07) is 8.79. The Morgan fingerprint density at radius 1 is 1.05 bits per heavy atom. The molecule has 1 unspecified atom stereocenters. The number of benzene rings is 2. The van der Waals surface area contributed by atoms with Crippen molar-refractivity contribution in [1.82, 2.24) is 20.9 Å². The highest BCUT2D eigenvalue weighted by Gasteiger charge is 2.39. The van der Waals surface area contributed by atoms with Crippen LogP contribution in [0.2, 0.25) is 0 Å². The molecule has 4 N–H and O–H groups in total. The molecule has 2 aliphatic heterocycles. The van der Waals surface area contributed by atoms with Crippen LogP contribution in [0.3, 0.4) is 0 Å². The SMILES string of the molecule is Cc1ccc(NC(=O)NCc2ccc3c(c2)CN(C2CCC(=O)NC2=O)C3=O)cc1OC(=O)CNC(=O)OC(C)(C)C. The van der Waals surface area contributed by atoms with E-state index in [1.165, 1.54) is 11.0 Å². The Hall–Kier alpha value is -4.94. The van der Waals surface area contributed by atoms with Crippen molar-refractivity contribution in [2.45, 2.75) is 65.3 Å². The van der Waals surface area contributed by atoms with Crippen LogP contribution in [0.25, 0.3) is 0 Å². The molecule has 2 aromatic carbocycles. The van der Waals surface area contributed by atoms with Crippen LogP contribution in [0.4, 0.5) is 15.3 Å². The minimum absolute atomic E-state index is 0.162. The van der Waals surface area contributed by atoms with Gasteiger partial charge >= 0.3 is 18.1 Å². The van der Waals surface area contributed by atoms with Crippen LogP contribution in [0.1, 0.15) is 60.7 Å². The van der Waals surface area contributed by atoms with Gasteiger partial charge in [0.25, 0.3) is 5.91 Å². The van der Waals surface area contributed by atoms with Gasteiger partial charge in [0.15, 0.2) is 0 Å². The third-order valence-corrected chi connectivity index (χ3v) is 6.49. The second kappa shape index (κ2) is 12.3. The number of ether oxygens (including phenoxy) is 2. The molecule has 0 radical (unpaired) electrons. The smallest absolute Gasteiger partial charge is 0.408 e. The second-order valence-electron chi connectivity index (χ2n) is 11.0. The van der Waals surface area contributed by atoms with E-state index in [9.17, 15) is 28.8 Å². The number of aryl methyl sites for hydroxylation is 1. The topological polar surface area (TPSA) is 172 Å². The van der Waals surface area contributed by atoms with Crippen LogP contribution in [0.5, 0.6) is 5.75 Å². The highest BCUT2D eigenvalue weighted by molar-refractivity contribution is 6.05. The number of hydrogen-bond acceptors (Lipinski definition) is 8. The van der Waals surface area contributed by atoms with Gasteiger partial charge in [0.2, 0.25) is 11.8 Å². The average molecular weight is 580 g/mol. The second-order valence-corrected chi connectivity index (χ2v) is 11.0. The predicted octanol–water partition coefficient (Wildman–Crippen LogP) is 2.51. The Morgan fingerprint density at radius 2 is 1.81 bits per heavy atom. The van der Waals surface area contributed by atoms with Gasteiger partial charge in [0, 0.05) is 36.8 Å². The summed E-state index contributed by atoms with van der Waals surface area (Å²) in [5, 5.41) is 10.0. The van der Waals surface area contributed by atoms with Crippen molar-refractivity contribution in [3.63, 3.8) is 0 Å². The summed E-state index contributed by atoms with van der Waals surface area (Å²) in [6.07, 6.45) is -0.288. The predicted molar refractivity (Wildman–Crippen MR) is 149 cm³/mol. The van der Waals surface area contributed by atoms with Gasteiger partial charge < -0.3 is 30.3 Å². The first-order chi connectivity index (χ1) is 19.8. The lowest BCUT2D eigenvalue weighted by Gasteiger charge is -2.29. The van der Waals surface area contributed by atoms with Gasteiger partial charge in [-0.2, -0.15) is 0 Å². The van der Waals surface area contributed by atoms with Crippen molar-refractivity contribution in [2.75, 3.05) is 11.9 Å². The van der Waals surface area contributed by atoms with Crippen LogP contribution in [0.15, 0.2) is 36.4 Å². The fraction of sp³-hybridized carbons (Fsp3) is 0.379. The molecule has 0 spiro atoms. The van der Waals surface area contributed by atoms with Gasteiger partial charge in [0.1, 0.15) is 23.9 Å². The summed E-state index contributed by atoms with van der Waals surface area (Å²) in [5.41, 5.74) is 2.28. The number of imide groups is 1. The highest BCUT2D eigenvalue weighted by Crippen LogP contribution is 2.28. The Morgan fingerprint density at radius 3 is 2.52 bits per heavy atom. The molecule has 2 heterocycles. The van der Waals surface area contributed by atoms with Gasteiger partial charge in [-0.25, -0.2) is 14.4 Å². The lowest BCUT2D eigenvalue weighted by Crippen LogP contribution is -2.52. The molecule has 0 aromatic heterocycles. The van der Waals surface area contributed by atoms with E-state index in [1.807, 2.05) is 0 Å². The first kappa shape index (κ1) is 30.0. The molecular formula is C29H33N5O8. The number of nitrogens with zero attached hydrogens (tertiary/aromatic N) is 1. The minimum Gasteiger partial charge on any atom is -0.444 e. The molecule has 6 amide bonds. The van der Waals surface area contributed by atoms with Gasteiger partial charge in [-0.1, -0.05) is 18.2 Å². The minimum atomic E-state index is -0.745. The molecule has 2 aromatic rings. The maximum absolute atomic E-state index is 12.9. The van der Waals surface area contributed by atoms with E-state index in [-0.39, 0.29) is 43.5 Å². The van der Waals surface area contributed by atoms with Gasteiger partial charge in [0.05, 0.1) is 0 Å². The van der Waals surface area contributed by atoms with E-state index in [0.29, 0.717) is 16.8 Å². The maximum atomic E-state index is 12.9. The number of fused-ring (bicyclic) bond motifs is 1. The van der Waals surface area contributed by atoms with Crippen LogP contribution in [-0.4, -0.2) is 58.9 Å². The van der Waals surface area contributed by atoms with Crippen molar-refractivity contribution in [3.8, 4) is 5.75 Å². The van der Waals surface area contributed by atoms with Crippen molar-refractivity contribution >= 4 is 41.5 Å². The van der Waals surface area contributed by atoms with Crippen LogP contribution in [0, 0.1) is 6.92 Å². The molecule has 1 atom stereocenters. The van der Waals surface area contributed by atoms with Crippen molar-refractivity contribution < 1.29 is 38.2 Å². The van der Waals surface area contributed by atoms with Crippen LogP contribution < -0.4 is 26.0 Å². The Labute approximate surface area is 242 Å². The third-order valence-electron chi connectivity index (χ3n) is 6.49. The van der Waals surface area contributed by atoms with E-state index in [2.05, 4.69) is 21.3 Å². The first-order valence-electron chi connectivity index (χ1n) is 13.4. The molecule has 4 rings (SSSR count). The molecule has 222 valence electrons. The number of alkyl carbamates (subject to hydrolysis) is 1. The van der Waals surface area contributed by atoms with Gasteiger partial charge in [-0.05, 0) is 62.9 Å². The molecule has 13 nitrogen and oxygen atoms in total. The number of rotatable bonds is 7. The number of nitrogens with one attached hydrogen (secondary N) is 4. The number of carbonyl (C=O) groups is 6. The zero-order chi connectivity index (χ0) is 30.6. The molecular weight excluding hydrogens is 546 g/mol. The van der Waals surface area contributed by atoms with Gasteiger partial charge in [-0.3, -0.25) is 19.7 Å². The summed E-state index contributed by atoms with van der Waals surface area (Å²) >= 11 is 0. The lowest BCUT2D eigenvalue weighted by atomic mass is 10.0. The molecule has 1 fully saturated rings. The highest BCUT2D eigenvalue weighted by atomic mass is 16.6. The molecule has 42 heavy (non-hydrogen) atoms. The standard InChI is InChI=1S/C29H33N5O8/c1-16-5-7-19(12-22(16)41-24(36)14-31-28(40)42-29(2,3)4)32-27(39)30-13-17-6-8-20-18(11-17)15-34(26(20)38)21-9-10-23(35)33-25(21)37/h5-8,11-12,21H,9-10,13-15H2,1-4H3,(H,31,40)(H2,30,32,39)(H,33,35,37). The Balaban J connectivity index is 1.29. The monoisotopic (exact) mass is 579 g/mol. The van der Waals surface area contributed by atoms with E-state index in [1.54, 1.807) is 58.0 Å². The molecule has 13 heteroatoms. The number of esters is 1. The first-order valence-corrected chi connectivity index (χ1v) is 13.4. The summed E-state index contributed by atoms with van der Waals surface area (Å²) in [6.45, 7) is 6.84. The summed E-state index contributed by atoms with van der Waals surface area (Å²) in [5.74, 6) is -1.59. The fourth-order valence-corrected chi connectivity index (χ4v) is 4.50. The summed E-state index contributed by atoms with van der Waals surface area (Å²) < 4.78 is 10.4. The van der Waals surface area contributed by atoms with Crippen molar-refractivity contribution in [1.29, 1.82) is 0 Å².